The Labute approximate surface area is 100 Å². The summed E-state index contributed by atoms with van der Waals surface area (Å²) in [5.74, 6) is -0.0724. The highest BCUT2D eigenvalue weighted by Crippen LogP contribution is 2.21. The second kappa shape index (κ2) is 4.93. The van der Waals surface area contributed by atoms with Crippen LogP contribution in [-0.2, 0) is 4.79 Å². The van der Waals surface area contributed by atoms with Crippen molar-refractivity contribution in [2.24, 2.45) is 11.1 Å². The molecule has 1 amide bonds. The maximum atomic E-state index is 11.7. The van der Waals surface area contributed by atoms with Gasteiger partial charge in [-0.3, -0.25) is 4.79 Å². The van der Waals surface area contributed by atoms with Gasteiger partial charge >= 0.3 is 0 Å². The van der Waals surface area contributed by atoms with Crippen molar-refractivity contribution in [1.82, 2.24) is 4.98 Å². The summed E-state index contributed by atoms with van der Waals surface area (Å²) in [6.07, 6.45) is 2.06. The van der Waals surface area contributed by atoms with Crippen molar-refractivity contribution in [3.8, 4) is 0 Å². The topological polar surface area (TPSA) is 68.0 Å². The first kappa shape index (κ1) is 13.1. The number of amides is 1. The first-order valence-electron chi connectivity index (χ1n) is 5.27. The quantitative estimate of drug-likeness (QED) is 0.852. The fourth-order valence-corrected chi connectivity index (χ4v) is 1.77. The van der Waals surface area contributed by atoms with Crippen molar-refractivity contribution in [3.63, 3.8) is 0 Å². The predicted molar refractivity (Wildman–Crippen MR) is 67.5 cm³/mol. The van der Waals surface area contributed by atoms with Crippen LogP contribution in [0.15, 0.2) is 6.20 Å². The molecule has 0 aliphatic carbocycles. The van der Waals surface area contributed by atoms with E-state index in [1.54, 1.807) is 6.20 Å². The molecule has 0 saturated heterocycles. The Morgan fingerprint density at radius 2 is 2.25 bits per heavy atom. The molecule has 1 atom stereocenters. The van der Waals surface area contributed by atoms with Crippen molar-refractivity contribution in [2.45, 2.75) is 40.2 Å². The minimum Gasteiger partial charge on any atom is -0.327 e. The first-order valence-corrected chi connectivity index (χ1v) is 6.08. The van der Waals surface area contributed by atoms with Crippen molar-refractivity contribution < 1.29 is 4.79 Å². The number of aromatic nitrogens is 1. The molecule has 4 nitrogen and oxygen atoms in total. The molecular formula is C11H19N3OS. The predicted octanol–water partition coefficient (Wildman–Crippen LogP) is 2.15. The molecule has 0 aliphatic heterocycles. The second-order valence-corrected chi connectivity index (χ2v) is 6.24. The third-order valence-corrected chi connectivity index (χ3v) is 3.21. The van der Waals surface area contributed by atoms with Crippen LogP contribution in [-0.4, -0.2) is 16.9 Å². The number of nitrogens with one attached hydrogen (secondary N) is 1. The molecule has 0 fully saturated rings. The normalized spacial score (nSPS) is 13.6. The molecule has 0 bridgehead atoms. The Hall–Kier alpha value is -0.940. The molecule has 3 N–H and O–H groups in total. The Morgan fingerprint density at radius 1 is 1.62 bits per heavy atom. The molecule has 5 heteroatoms. The zero-order chi connectivity index (χ0) is 12.3. The van der Waals surface area contributed by atoms with Gasteiger partial charge < -0.3 is 11.1 Å². The number of hydrogen-bond acceptors (Lipinski definition) is 4. The largest absolute Gasteiger partial charge is 0.327 e. The number of rotatable bonds is 3. The summed E-state index contributed by atoms with van der Waals surface area (Å²) >= 11 is 1.47. The molecule has 1 rings (SSSR count). The Bertz CT molecular complexity index is 368. The van der Waals surface area contributed by atoms with Gasteiger partial charge in [0, 0.05) is 23.5 Å². The van der Waals surface area contributed by atoms with Gasteiger partial charge in [-0.1, -0.05) is 20.8 Å². The third kappa shape index (κ3) is 3.90. The SMILES string of the molecule is Cc1cnc(NC(=O)CC(N)C(C)(C)C)s1. The summed E-state index contributed by atoms with van der Waals surface area (Å²) in [7, 11) is 0. The molecular weight excluding hydrogens is 222 g/mol. The van der Waals surface area contributed by atoms with Crippen molar-refractivity contribution in [1.29, 1.82) is 0 Å². The van der Waals surface area contributed by atoms with Gasteiger partial charge in [-0.05, 0) is 12.3 Å². The number of anilines is 1. The second-order valence-electron chi connectivity index (χ2n) is 5.00. The average molecular weight is 241 g/mol. The molecule has 0 spiro atoms. The number of carbonyl (C=O) groups is 1. The average Bonchev–Trinajstić information content (AvgIpc) is 2.49. The molecule has 1 aromatic heterocycles. The summed E-state index contributed by atoms with van der Waals surface area (Å²) < 4.78 is 0. The van der Waals surface area contributed by atoms with Crippen molar-refractivity contribution >= 4 is 22.4 Å². The monoisotopic (exact) mass is 241 g/mol. The summed E-state index contributed by atoms with van der Waals surface area (Å²) in [4.78, 5) is 16.8. The van der Waals surface area contributed by atoms with Gasteiger partial charge in [0.05, 0.1) is 0 Å². The molecule has 16 heavy (non-hydrogen) atoms. The molecule has 0 aliphatic rings. The van der Waals surface area contributed by atoms with E-state index in [-0.39, 0.29) is 17.4 Å². The lowest BCUT2D eigenvalue weighted by molar-refractivity contribution is -0.117. The van der Waals surface area contributed by atoms with Crippen LogP contribution in [0.5, 0.6) is 0 Å². The van der Waals surface area contributed by atoms with Crippen LogP contribution >= 0.6 is 11.3 Å². The van der Waals surface area contributed by atoms with Gasteiger partial charge in [-0.2, -0.15) is 0 Å². The van der Waals surface area contributed by atoms with E-state index in [0.717, 1.165) is 4.88 Å². The van der Waals surface area contributed by atoms with Crippen LogP contribution in [0, 0.1) is 12.3 Å². The number of hydrogen-bond donors (Lipinski definition) is 2. The van der Waals surface area contributed by atoms with Crippen LogP contribution in [0.2, 0.25) is 0 Å². The smallest absolute Gasteiger partial charge is 0.227 e. The summed E-state index contributed by atoms with van der Waals surface area (Å²) in [6, 6.07) is -0.145. The van der Waals surface area contributed by atoms with Crippen molar-refractivity contribution in [3.05, 3.63) is 11.1 Å². The van der Waals surface area contributed by atoms with E-state index in [1.807, 2.05) is 27.7 Å². The lowest BCUT2D eigenvalue weighted by atomic mass is 9.85. The fourth-order valence-electron chi connectivity index (χ4n) is 1.09. The highest BCUT2D eigenvalue weighted by atomic mass is 32.1. The van der Waals surface area contributed by atoms with Gasteiger partial charge in [-0.15, -0.1) is 11.3 Å². The molecule has 1 unspecified atom stereocenters. The number of nitrogens with two attached hydrogens (primary N) is 1. The van der Waals surface area contributed by atoms with Crippen LogP contribution in [0.1, 0.15) is 32.1 Å². The fraction of sp³-hybridized carbons (Fsp3) is 0.636. The van der Waals surface area contributed by atoms with Gasteiger partial charge in [0.2, 0.25) is 5.91 Å². The van der Waals surface area contributed by atoms with Crippen LogP contribution in [0.3, 0.4) is 0 Å². The molecule has 0 saturated carbocycles. The van der Waals surface area contributed by atoms with Gasteiger partial charge in [0.1, 0.15) is 0 Å². The van der Waals surface area contributed by atoms with Crippen LogP contribution in [0.25, 0.3) is 0 Å². The lowest BCUT2D eigenvalue weighted by Crippen LogP contribution is -2.38. The summed E-state index contributed by atoms with van der Waals surface area (Å²) in [5.41, 5.74) is 5.87. The van der Waals surface area contributed by atoms with E-state index in [2.05, 4.69) is 10.3 Å². The highest BCUT2D eigenvalue weighted by Gasteiger charge is 2.23. The molecule has 0 aromatic carbocycles. The molecule has 0 radical (unpaired) electrons. The maximum absolute atomic E-state index is 11.7. The van der Waals surface area contributed by atoms with E-state index in [9.17, 15) is 4.79 Å². The Kier molecular flexibility index (Phi) is 4.04. The van der Waals surface area contributed by atoms with E-state index < -0.39 is 0 Å². The van der Waals surface area contributed by atoms with Crippen LogP contribution in [0.4, 0.5) is 5.13 Å². The van der Waals surface area contributed by atoms with Gasteiger partial charge in [-0.25, -0.2) is 4.98 Å². The summed E-state index contributed by atoms with van der Waals surface area (Å²) in [6.45, 7) is 8.03. The molecule has 90 valence electrons. The zero-order valence-electron chi connectivity index (χ0n) is 10.2. The van der Waals surface area contributed by atoms with E-state index >= 15 is 0 Å². The highest BCUT2D eigenvalue weighted by molar-refractivity contribution is 7.15. The standard InChI is InChI=1S/C11H19N3OS/c1-7-6-13-10(16-7)14-9(15)5-8(12)11(2,3)4/h6,8H,5,12H2,1-4H3,(H,13,14,15). The van der Waals surface area contributed by atoms with E-state index in [0.29, 0.717) is 11.6 Å². The first-order chi connectivity index (χ1) is 7.29. The number of aryl methyl sites for hydroxylation is 1. The van der Waals surface area contributed by atoms with Gasteiger partial charge in [0.15, 0.2) is 5.13 Å². The Balaban J connectivity index is 2.48. The number of thiazole rings is 1. The minimum absolute atomic E-state index is 0.0594. The van der Waals surface area contributed by atoms with E-state index in [1.165, 1.54) is 11.3 Å². The summed E-state index contributed by atoms with van der Waals surface area (Å²) in [5, 5.41) is 3.40. The number of nitrogens with zero attached hydrogens (tertiary/aromatic N) is 1. The maximum Gasteiger partial charge on any atom is 0.227 e. The van der Waals surface area contributed by atoms with Crippen LogP contribution < -0.4 is 11.1 Å². The lowest BCUT2D eigenvalue weighted by Gasteiger charge is -2.26. The number of carbonyl (C=O) groups excluding carboxylic acids is 1. The van der Waals surface area contributed by atoms with E-state index in [4.69, 9.17) is 5.73 Å². The van der Waals surface area contributed by atoms with Gasteiger partial charge in [0.25, 0.3) is 0 Å². The minimum atomic E-state index is -0.145. The van der Waals surface area contributed by atoms with Crippen molar-refractivity contribution in [2.75, 3.05) is 5.32 Å². The Morgan fingerprint density at radius 3 is 2.69 bits per heavy atom. The molecule has 1 aromatic rings. The zero-order valence-corrected chi connectivity index (χ0v) is 11.0. The third-order valence-electron chi connectivity index (χ3n) is 2.39. The molecule has 1 heterocycles.